The Morgan fingerprint density at radius 2 is 0.945 bits per heavy atom. The summed E-state index contributed by atoms with van der Waals surface area (Å²) in [6, 6.07) is 22.6. The zero-order valence-corrected chi connectivity index (χ0v) is 42.4. The van der Waals surface area contributed by atoms with Gasteiger partial charge in [0.05, 0.1) is 19.6 Å². The van der Waals surface area contributed by atoms with Gasteiger partial charge in [-0.1, -0.05) is 78.9 Å². The Balaban J connectivity index is 1.21. The van der Waals surface area contributed by atoms with E-state index in [1.54, 1.807) is 41.5 Å². The number of unbranched alkanes of at least 4 members (excludes halogenated alkanes) is 2. The van der Waals surface area contributed by atoms with Gasteiger partial charge in [-0.05, 0) is 108 Å². The first-order chi connectivity index (χ1) is 34.7. The van der Waals surface area contributed by atoms with Crippen molar-refractivity contribution in [3.8, 4) is 11.1 Å². The maximum atomic E-state index is 13.8. The molecule has 1 aliphatic carbocycles. The fraction of sp³-hybridized carbons (Fsp3) is 0.481. The molecule has 1 aliphatic rings. The maximum Gasteiger partial charge on any atom is 0.407 e. The van der Waals surface area contributed by atoms with Crippen molar-refractivity contribution in [2.45, 2.75) is 116 Å². The summed E-state index contributed by atoms with van der Waals surface area (Å²) < 4.78 is 21.5. The second-order valence-electron chi connectivity index (χ2n) is 19.1. The number of carbonyl (C=O) groups excluding carboxylic acids is 9. The molecule has 4 rings (SSSR count). The van der Waals surface area contributed by atoms with Crippen LogP contribution in [0.1, 0.15) is 103 Å². The molecule has 0 bridgehead atoms. The van der Waals surface area contributed by atoms with Crippen molar-refractivity contribution in [2.75, 3.05) is 45.9 Å². The monoisotopic (exact) mass is 1010 g/mol. The summed E-state index contributed by atoms with van der Waals surface area (Å²) in [5.74, 6) is -4.53. The Morgan fingerprint density at radius 1 is 0.479 bits per heavy atom. The van der Waals surface area contributed by atoms with Gasteiger partial charge in [-0.15, -0.1) is 0 Å². The highest BCUT2D eigenvalue weighted by atomic mass is 16.6. The number of amides is 8. The normalized spacial score (nSPS) is 12.5. The molecule has 3 aromatic rings. The Bertz CT molecular complexity index is 2320. The first-order valence-electron chi connectivity index (χ1n) is 24.3. The summed E-state index contributed by atoms with van der Waals surface area (Å²) in [7, 11) is 0. The van der Waals surface area contributed by atoms with Crippen LogP contribution in [0.4, 0.5) is 14.4 Å². The Morgan fingerprint density at radius 3 is 1.49 bits per heavy atom. The molecule has 21 heteroatoms. The number of nitrogens with one attached hydrogen (secondary N) is 8. The van der Waals surface area contributed by atoms with E-state index in [-0.39, 0.29) is 45.1 Å². The molecule has 8 amide bonds. The number of esters is 1. The van der Waals surface area contributed by atoms with Gasteiger partial charge in [0.2, 0.25) is 29.5 Å². The average molecular weight is 1020 g/mol. The van der Waals surface area contributed by atoms with Gasteiger partial charge < -0.3 is 61.5 Å². The Kier molecular flexibility index (Phi) is 23.0. The summed E-state index contributed by atoms with van der Waals surface area (Å²) in [4.78, 5) is 115. The van der Waals surface area contributed by atoms with Crippen LogP contribution < -0.4 is 42.5 Å². The van der Waals surface area contributed by atoms with Crippen LogP contribution in [0.2, 0.25) is 0 Å². The van der Waals surface area contributed by atoms with Crippen molar-refractivity contribution in [3.63, 3.8) is 0 Å². The van der Waals surface area contributed by atoms with Gasteiger partial charge in [0.15, 0.2) is 0 Å². The molecule has 0 spiro atoms. The second-order valence-corrected chi connectivity index (χ2v) is 19.1. The van der Waals surface area contributed by atoms with Gasteiger partial charge in [0, 0.05) is 19.0 Å². The molecule has 0 heterocycles. The molecule has 0 aliphatic heterocycles. The minimum Gasteiger partial charge on any atom is -0.458 e. The third-order valence-electron chi connectivity index (χ3n) is 10.7. The van der Waals surface area contributed by atoms with E-state index in [0.717, 1.165) is 27.8 Å². The zero-order chi connectivity index (χ0) is 53.4. The van der Waals surface area contributed by atoms with E-state index in [1.165, 1.54) is 0 Å². The van der Waals surface area contributed by atoms with Crippen molar-refractivity contribution >= 4 is 53.8 Å². The molecule has 0 radical (unpaired) electrons. The van der Waals surface area contributed by atoms with Crippen LogP contribution in [0.15, 0.2) is 78.9 Å². The van der Waals surface area contributed by atoms with Gasteiger partial charge in [-0.2, -0.15) is 0 Å². The van der Waals surface area contributed by atoms with Crippen molar-refractivity contribution in [2.24, 2.45) is 0 Å². The molecule has 73 heavy (non-hydrogen) atoms. The molecular formula is C52H70N8O13. The molecule has 2 atom stereocenters. The van der Waals surface area contributed by atoms with Gasteiger partial charge in [-0.3, -0.25) is 24.0 Å². The Hall–Kier alpha value is -7.71. The molecule has 0 aromatic heterocycles. The number of hydrogen-bond acceptors (Lipinski definition) is 13. The predicted molar refractivity (Wildman–Crippen MR) is 268 cm³/mol. The van der Waals surface area contributed by atoms with Gasteiger partial charge in [-0.25, -0.2) is 19.2 Å². The lowest BCUT2D eigenvalue weighted by atomic mass is 9.98. The summed E-state index contributed by atoms with van der Waals surface area (Å²) in [5.41, 5.74) is 3.43. The van der Waals surface area contributed by atoms with E-state index < -0.39 is 103 Å². The van der Waals surface area contributed by atoms with E-state index >= 15 is 0 Å². The molecular weight excluding hydrogens is 945 g/mol. The van der Waals surface area contributed by atoms with Crippen molar-refractivity contribution in [1.29, 1.82) is 0 Å². The third-order valence-corrected chi connectivity index (χ3v) is 10.7. The van der Waals surface area contributed by atoms with Crippen LogP contribution in [0.3, 0.4) is 0 Å². The molecule has 396 valence electrons. The topological polar surface area (TPSA) is 287 Å². The number of carbonyl (C=O) groups is 9. The van der Waals surface area contributed by atoms with Crippen LogP contribution in [0, 0.1) is 0 Å². The number of rotatable bonds is 26. The van der Waals surface area contributed by atoms with Gasteiger partial charge in [0.1, 0.15) is 43.0 Å². The van der Waals surface area contributed by atoms with Gasteiger partial charge >= 0.3 is 24.2 Å². The van der Waals surface area contributed by atoms with Crippen molar-refractivity contribution < 1.29 is 62.1 Å². The quantitative estimate of drug-likeness (QED) is 0.0321. The first-order valence-corrected chi connectivity index (χ1v) is 24.3. The third kappa shape index (κ3) is 22.1. The van der Waals surface area contributed by atoms with E-state index in [2.05, 4.69) is 42.5 Å². The van der Waals surface area contributed by atoms with E-state index in [9.17, 15) is 43.2 Å². The number of alkyl carbamates (subject to hydrolysis) is 3. The molecule has 8 N–H and O–H groups in total. The number of fused-ring (bicyclic) bond motifs is 3. The van der Waals surface area contributed by atoms with Gasteiger partial charge in [0.25, 0.3) is 0 Å². The van der Waals surface area contributed by atoms with Crippen molar-refractivity contribution in [3.05, 3.63) is 95.6 Å². The minimum atomic E-state index is -1.20. The standard InChI is InChI=1S/C52H70N8O13/c1-51(2,3)72-47(66)41(25-15-17-26-53-48(67)70-32-34-18-8-7-9-19-34)60-46(65)40(24-14-16-27-54-50(69)73-52(4,5)6)59-45(64)31-57-43(62)29-55-42(61)28-56-44(63)30-58-49(68)71-33-39-37-22-12-10-20-35(37)36-21-11-13-23-38(36)39/h7-13,18-23,39-41H,14-17,24-33H2,1-6H3,(H,53,67)(H,54,69)(H,55,61)(H,56,63)(H,57,62)(H,58,68)(H,59,64)(H,60,65). The van der Waals surface area contributed by atoms with Crippen molar-refractivity contribution in [1.82, 2.24) is 42.5 Å². The fourth-order valence-corrected chi connectivity index (χ4v) is 7.35. The first kappa shape index (κ1) is 57.9. The van der Waals surface area contributed by atoms with Crippen LogP contribution in [0.5, 0.6) is 0 Å². The maximum absolute atomic E-state index is 13.8. The lowest BCUT2D eigenvalue weighted by Gasteiger charge is -2.26. The smallest absolute Gasteiger partial charge is 0.407 e. The van der Waals surface area contributed by atoms with E-state index in [4.69, 9.17) is 18.9 Å². The lowest BCUT2D eigenvalue weighted by molar-refractivity contribution is -0.159. The van der Waals surface area contributed by atoms with E-state index in [1.807, 2.05) is 78.9 Å². The summed E-state index contributed by atoms with van der Waals surface area (Å²) in [6.45, 7) is 8.66. The number of hydrogen-bond donors (Lipinski definition) is 8. The summed E-state index contributed by atoms with van der Waals surface area (Å²) in [6.07, 6.45) is -0.311. The minimum absolute atomic E-state index is 0.0509. The van der Waals surface area contributed by atoms with Crippen LogP contribution in [-0.4, -0.2) is 123 Å². The molecule has 0 saturated heterocycles. The van der Waals surface area contributed by atoms with Crippen LogP contribution in [0.25, 0.3) is 11.1 Å². The molecule has 2 unspecified atom stereocenters. The largest absolute Gasteiger partial charge is 0.458 e. The molecule has 3 aromatic carbocycles. The zero-order valence-electron chi connectivity index (χ0n) is 42.4. The lowest BCUT2D eigenvalue weighted by Crippen LogP contribution is -2.54. The molecule has 0 fully saturated rings. The SMILES string of the molecule is CC(C)(C)OC(=O)NCCCCC(NC(=O)CNC(=O)CNC(=O)CNC(=O)CNC(=O)OCC1c2ccccc2-c2ccccc21)C(=O)NC(CCCCNC(=O)OCc1ccccc1)C(=O)OC(C)(C)C. The fourth-order valence-electron chi connectivity index (χ4n) is 7.35. The van der Waals surface area contributed by atoms with Crippen LogP contribution >= 0.6 is 0 Å². The highest BCUT2D eigenvalue weighted by Crippen LogP contribution is 2.44. The highest BCUT2D eigenvalue weighted by molar-refractivity contribution is 5.93. The average Bonchev–Trinajstić information content (AvgIpc) is 3.66. The number of ether oxygens (including phenoxy) is 4. The Labute approximate surface area is 425 Å². The molecule has 0 saturated carbocycles. The van der Waals surface area contributed by atoms with E-state index in [0.29, 0.717) is 25.7 Å². The highest BCUT2D eigenvalue weighted by Gasteiger charge is 2.31. The van der Waals surface area contributed by atoms with Crippen LogP contribution in [-0.2, 0) is 54.3 Å². The second kappa shape index (κ2) is 29.0. The summed E-state index contributed by atoms with van der Waals surface area (Å²) >= 11 is 0. The summed E-state index contributed by atoms with van der Waals surface area (Å²) in [5, 5.41) is 20.0. The molecule has 21 nitrogen and oxygen atoms in total. The number of benzene rings is 3. The predicted octanol–water partition coefficient (Wildman–Crippen LogP) is 3.98.